The highest BCUT2D eigenvalue weighted by molar-refractivity contribution is 5.85. The number of benzene rings is 1. The van der Waals surface area contributed by atoms with Crippen molar-refractivity contribution in [2.45, 2.75) is 25.1 Å². The predicted octanol–water partition coefficient (Wildman–Crippen LogP) is 3.79. The fraction of sp³-hybridized carbons (Fsp3) is 0.455. The quantitative estimate of drug-likeness (QED) is 0.859. The zero-order valence-electron chi connectivity index (χ0n) is 9.88. The van der Waals surface area contributed by atoms with Crippen molar-refractivity contribution in [2.24, 2.45) is 5.73 Å². The van der Waals surface area contributed by atoms with Crippen molar-refractivity contribution in [3.05, 3.63) is 29.3 Å². The molecule has 19 heavy (non-hydrogen) atoms. The first kappa shape index (κ1) is 17.9. The molecule has 110 valence electrons. The molecule has 2 nitrogen and oxygen atoms in total. The fourth-order valence-electron chi connectivity index (χ4n) is 1.55. The molecule has 1 atom stereocenters. The molecule has 1 aromatic carbocycles. The summed E-state index contributed by atoms with van der Waals surface area (Å²) in [5.74, 6) is -0.00433. The van der Waals surface area contributed by atoms with Crippen LogP contribution >= 0.6 is 12.4 Å². The van der Waals surface area contributed by atoms with Gasteiger partial charge in [-0.05, 0) is 17.7 Å². The smallest absolute Gasteiger partial charge is 0.416 e. The van der Waals surface area contributed by atoms with Crippen molar-refractivity contribution < 1.29 is 26.7 Å². The highest BCUT2D eigenvalue weighted by Gasteiger charge is 2.35. The van der Waals surface area contributed by atoms with Gasteiger partial charge in [0.05, 0.1) is 12.7 Å². The number of hydrogen-bond donors (Lipinski definition) is 1. The van der Waals surface area contributed by atoms with Crippen LogP contribution in [0.25, 0.3) is 0 Å². The van der Waals surface area contributed by atoms with Crippen molar-refractivity contribution in [1.82, 2.24) is 0 Å². The average molecular weight is 306 g/mol. The molecule has 0 spiro atoms. The summed E-state index contributed by atoms with van der Waals surface area (Å²) in [5.41, 5.74) is 3.96. The van der Waals surface area contributed by atoms with Gasteiger partial charge in [-0.3, -0.25) is 0 Å². The van der Waals surface area contributed by atoms with Crippen LogP contribution in [0.2, 0.25) is 0 Å². The Kier molecular flexibility index (Phi) is 6.51. The Labute approximate surface area is 113 Å². The van der Waals surface area contributed by atoms with Gasteiger partial charge in [0.25, 0.3) is 0 Å². The van der Waals surface area contributed by atoms with Crippen LogP contribution in [-0.2, 0) is 6.18 Å². The molecule has 8 heteroatoms. The monoisotopic (exact) mass is 305 g/mol. The molecule has 0 fully saturated rings. The Morgan fingerprint density at radius 1 is 1.26 bits per heavy atom. The van der Waals surface area contributed by atoms with Crippen LogP contribution in [0.5, 0.6) is 5.75 Å². The molecule has 0 bridgehead atoms. The van der Waals surface area contributed by atoms with Gasteiger partial charge in [0.1, 0.15) is 5.75 Å². The topological polar surface area (TPSA) is 35.2 Å². The van der Waals surface area contributed by atoms with Crippen LogP contribution in [0.3, 0.4) is 0 Å². The second-order valence-corrected chi connectivity index (χ2v) is 3.68. The van der Waals surface area contributed by atoms with Crippen LogP contribution in [-0.4, -0.2) is 13.5 Å². The SMILES string of the molecule is COc1ccc([C@@H](N)CC(F)F)c(C(F)(F)F)c1.Cl. The molecule has 0 aliphatic rings. The minimum absolute atomic E-state index is 0. The van der Waals surface area contributed by atoms with Gasteiger partial charge in [-0.25, -0.2) is 8.78 Å². The predicted molar refractivity (Wildman–Crippen MR) is 62.8 cm³/mol. The Balaban J connectivity index is 0.00000324. The largest absolute Gasteiger partial charge is 0.497 e. The minimum Gasteiger partial charge on any atom is -0.497 e. The average Bonchev–Trinajstić information content (AvgIpc) is 2.26. The summed E-state index contributed by atoms with van der Waals surface area (Å²) in [4.78, 5) is 0. The van der Waals surface area contributed by atoms with E-state index >= 15 is 0 Å². The van der Waals surface area contributed by atoms with E-state index in [1.54, 1.807) is 0 Å². The molecule has 0 heterocycles. The zero-order chi connectivity index (χ0) is 13.9. The van der Waals surface area contributed by atoms with Gasteiger partial charge in [0, 0.05) is 12.5 Å². The summed E-state index contributed by atoms with van der Waals surface area (Å²) in [5, 5.41) is 0. The number of rotatable bonds is 4. The molecule has 1 aromatic rings. The Morgan fingerprint density at radius 2 is 1.84 bits per heavy atom. The molecule has 0 saturated heterocycles. The first-order valence-electron chi connectivity index (χ1n) is 5.04. The molecule has 2 N–H and O–H groups in total. The number of nitrogens with two attached hydrogens (primary N) is 1. The maximum absolute atomic E-state index is 12.8. The van der Waals surface area contributed by atoms with E-state index in [1.807, 2.05) is 0 Å². The molecule has 0 radical (unpaired) electrons. The lowest BCUT2D eigenvalue weighted by molar-refractivity contribution is -0.138. The van der Waals surface area contributed by atoms with Crippen LogP contribution in [0.15, 0.2) is 18.2 Å². The fourth-order valence-corrected chi connectivity index (χ4v) is 1.55. The molecule has 0 saturated carbocycles. The van der Waals surface area contributed by atoms with Crippen molar-refractivity contribution >= 4 is 12.4 Å². The highest BCUT2D eigenvalue weighted by atomic mass is 35.5. The van der Waals surface area contributed by atoms with E-state index < -0.39 is 30.6 Å². The third-order valence-electron chi connectivity index (χ3n) is 2.40. The number of halogens is 6. The molecule has 0 aliphatic carbocycles. The molecule has 0 unspecified atom stereocenters. The third kappa shape index (κ3) is 4.83. The summed E-state index contributed by atoms with van der Waals surface area (Å²) < 4.78 is 67.3. The summed E-state index contributed by atoms with van der Waals surface area (Å²) in [6.45, 7) is 0. The van der Waals surface area contributed by atoms with Gasteiger partial charge in [-0.2, -0.15) is 13.2 Å². The number of ether oxygens (including phenoxy) is 1. The van der Waals surface area contributed by atoms with E-state index in [2.05, 4.69) is 4.74 Å². The summed E-state index contributed by atoms with van der Waals surface area (Å²) >= 11 is 0. The van der Waals surface area contributed by atoms with E-state index in [9.17, 15) is 22.0 Å². The minimum atomic E-state index is -4.66. The van der Waals surface area contributed by atoms with Crippen LogP contribution in [0.4, 0.5) is 22.0 Å². The summed E-state index contributed by atoms with van der Waals surface area (Å²) in [6, 6.07) is 1.71. The van der Waals surface area contributed by atoms with E-state index in [4.69, 9.17) is 5.73 Å². The van der Waals surface area contributed by atoms with Crippen LogP contribution in [0, 0.1) is 0 Å². The maximum atomic E-state index is 12.8. The van der Waals surface area contributed by atoms with Crippen molar-refractivity contribution in [2.75, 3.05) is 7.11 Å². The van der Waals surface area contributed by atoms with E-state index in [0.29, 0.717) is 0 Å². The third-order valence-corrected chi connectivity index (χ3v) is 2.40. The highest BCUT2D eigenvalue weighted by Crippen LogP contribution is 2.37. The molecular weight excluding hydrogens is 293 g/mol. The van der Waals surface area contributed by atoms with Crippen molar-refractivity contribution in [3.8, 4) is 5.75 Å². The van der Waals surface area contributed by atoms with Gasteiger partial charge < -0.3 is 10.5 Å². The van der Waals surface area contributed by atoms with E-state index in [1.165, 1.54) is 13.2 Å². The first-order valence-corrected chi connectivity index (χ1v) is 5.04. The van der Waals surface area contributed by atoms with Crippen molar-refractivity contribution in [1.29, 1.82) is 0 Å². The van der Waals surface area contributed by atoms with Gasteiger partial charge in [-0.15, -0.1) is 12.4 Å². The van der Waals surface area contributed by atoms with Crippen LogP contribution < -0.4 is 10.5 Å². The normalized spacial score (nSPS) is 13.1. The molecule has 0 aliphatic heterocycles. The van der Waals surface area contributed by atoms with Gasteiger partial charge in [0.2, 0.25) is 6.43 Å². The standard InChI is InChI=1S/C11H12F5NO.ClH/c1-18-6-2-3-7(9(17)5-10(12)13)8(4-6)11(14,15)16;/h2-4,9-10H,5,17H2,1H3;1H/t9-;/m0./s1. The molecular formula is C11H13ClF5NO. The Hall–Kier alpha value is -1.08. The van der Waals surface area contributed by atoms with Gasteiger partial charge >= 0.3 is 6.18 Å². The van der Waals surface area contributed by atoms with E-state index in [-0.39, 0.29) is 23.7 Å². The summed E-state index contributed by atoms with van der Waals surface area (Å²) in [7, 11) is 1.22. The lowest BCUT2D eigenvalue weighted by Crippen LogP contribution is -2.19. The molecule has 0 aromatic heterocycles. The molecule has 1 rings (SSSR count). The maximum Gasteiger partial charge on any atom is 0.416 e. The first-order chi connectivity index (χ1) is 8.25. The molecule has 0 amide bonds. The van der Waals surface area contributed by atoms with Crippen molar-refractivity contribution in [3.63, 3.8) is 0 Å². The van der Waals surface area contributed by atoms with Gasteiger partial charge in [-0.1, -0.05) is 6.07 Å². The van der Waals surface area contributed by atoms with E-state index in [0.717, 1.165) is 12.1 Å². The van der Waals surface area contributed by atoms with Crippen LogP contribution in [0.1, 0.15) is 23.6 Å². The second kappa shape index (κ2) is 6.91. The number of hydrogen-bond acceptors (Lipinski definition) is 2. The number of methoxy groups -OCH3 is 1. The summed E-state index contributed by atoms with van der Waals surface area (Å²) in [6.07, 6.45) is -8.25. The Bertz CT molecular complexity index is 411. The number of alkyl halides is 5. The lowest BCUT2D eigenvalue weighted by atomic mass is 9.98. The second-order valence-electron chi connectivity index (χ2n) is 3.68. The zero-order valence-corrected chi connectivity index (χ0v) is 10.7. The Morgan fingerprint density at radius 3 is 2.26 bits per heavy atom. The van der Waals surface area contributed by atoms with Gasteiger partial charge in [0.15, 0.2) is 0 Å². The lowest BCUT2D eigenvalue weighted by Gasteiger charge is -2.18.